The zero-order chi connectivity index (χ0) is 18.8. The molecule has 1 aliphatic rings. The molecule has 2 unspecified atom stereocenters. The zero-order valence-electron chi connectivity index (χ0n) is 15.4. The number of rotatable bonds is 4. The van der Waals surface area contributed by atoms with Crippen LogP contribution < -0.4 is 10.2 Å². The summed E-state index contributed by atoms with van der Waals surface area (Å²) in [6.45, 7) is 7.54. The summed E-state index contributed by atoms with van der Waals surface area (Å²) in [6.07, 6.45) is -2.54. The Balaban J connectivity index is 2.17. The molecular formula is C17H27F3N4O. The Morgan fingerprint density at radius 1 is 1.24 bits per heavy atom. The highest BCUT2D eigenvalue weighted by Crippen LogP contribution is 2.34. The van der Waals surface area contributed by atoms with E-state index in [9.17, 15) is 13.2 Å². The number of hydrogen-bond donors (Lipinski definition) is 1. The van der Waals surface area contributed by atoms with E-state index in [-0.39, 0.29) is 29.2 Å². The van der Waals surface area contributed by atoms with Gasteiger partial charge in [0.1, 0.15) is 5.82 Å². The molecule has 0 aromatic carbocycles. The van der Waals surface area contributed by atoms with Crippen molar-refractivity contribution < 1.29 is 17.9 Å². The molecule has 1 aromatic rings. The van der Waals surface area contributed by atoms with Crippen LogP contribution in [0.25, 0.3) is 0 Å². The summed E-state index contributed by atoms with van der Waals surface area (Å²) >= 11 is 0. The molecule has 0 saturated carbocycles. The molecule has 1 N–H and O–H groups in total. The first kappa shape index (κ1) is 19.8. The molecule has 5 nitrogen and oxygen atoms in total. The third-order valence-corrected chi connectivity index (χ3v) is 4.28. The van der Waals surface area contributed by atoms with E-state index in [4.69, 9.17) is 4.74 Å². The van der Waals surface area contributed by atoms with Crippen molar-refractivity contribution >= 4 is 11.8 Å². The first-order chi connectivity index (χ1) is 11.5. The lowest BCUT2D eigenvalue weighted by molar-refractivity contribution is -0.141. The molecule has 25 heavy (non-hydrogen) atoms. The normalized spacial score (nSPS) is 21.9. The molecule has 2 heterocycles. The van der Waals surface area contributed by atoms with Crippen LogP contribution in [0, 0.1) is 11.3 Å². The van der Waals surface area contributed by atoms with Gasteiger partial charge in [0, 0.05) is 39.2 Å². The van der Waals surface area contributed by atoms with Crippen LogP contribution in [0.15, 0.2) is 6.07 Å². The smallest absolute Gasteiger partial charge is 0.377 e. The van der Waals surface area contributed by atoms with Crippen molar-refractivity contribution in [1.29, 1.82) is 0 Å². The number of hydrogen-bond acceptors (Lipinski definition) is 5. The van der Waals surface area contributed by atoms with Gasteiger partial charge >= 0.3 is 6.18 Å². The molecule has 2 rings (SSSR count). The maximum absolute atomic E-state index is 13.1. The van der Waals surface area contributed by atoms with Gasteiger partial charge < -0.3 is 15.0 Å². The second-order valence-electron chi connectivity index (χ2n) is 7.77. The van der Waals surface area contributed by atoms with Gasteiger partial charge in [-0.15, -0.1) is 0 Å². The topological polar surface area (TPSA) is 50.3 Å². The monoisotopic (exact) mass is 360 g/mol. The zero-order valence-corrected chi connectivity index (χ0v) is 15.4. The highest BCUT2D eigenvalue weighted by atomic mass is 19.4. The van der Waals surface area contributed by atoms with Crippen LogP contribution >= 0.6 is 0 Å². The Morgan fingerprint density at radius 2 is 1.92 bits per heavy atom. The molecule has 0 spiro atoms. The summed E-state index contributed by atoms with van der Waals surface area (Å²) < 4.78 is 45.1. The van der Waals surface area contributed by atoms with Crippen molar-refractivity contribution in [2.24, 2.45) is 11.3 Å². The largest absolute Gasteiger partial charge is 0.433 e. The second kappa shape index (κ2) is 7.35. The molecule has 1 fully saturated rings. The first-order valence-electron chi connectivity index (χ1n) is 8.47. The predicted octanol–water partition coefficient (Wildman–Crippen LogP) is 3.81. The van der Waals surface area contributed by atoms with Gasteiger partial charge in [0.2, 0.25) is 5.95 Å². The molecule has 1 aromatic heterocycles. The molecule has 1 aliphatic heterocycles. The van der Waals surface area contributed by atoms with Crippen molar-refractivity contribution in [3.8, 4) is 0 Å². The number of nitrogens with one attached hydrogen (secondary N) is 1. The minimum atomic E-state index is -4.51. The predicted molar refractivity (Wildman–Crippen MR) is 91.8 cm³/mol. The number of anilines is 2. The molecule has 142 valence electrons. The fourth-order valence-electron chi connectivity index (χ4n) is 3.12. The lowest BCUT2D eigenvalue weighted by Crippen LogP contribution is -2.42. The van der Waals surface area contributed by atoms with Gasteiger partial charge in [0.25, 0.3) is 0 Å². The van der Waals surface area contributed by atoms with E-state index in [1.54, 1.807) is 14.1 Å². The van der Waals surface area contributed by atoms with E-state index < -0.39 is 11.9 Å². The average Bonchev–Trinajstić information content (AvgIpc) is 2.51. The van der Waals surface area contributed by atoms with E-state index in [0.717, 1.165) is 25.5 Å². The lowest BCUT2D eigenvalue weighted by Gasteiger charge is -2.40. The summed E-state index contributed by atoms with van der Waals surface area (Å²) in [5.74, 6) is 0.420. The molecule has 8 heteroatoms. The van der Waals surface area contributed by atoms with Crippen LogP contribution in [0.2, 0.25) is 0 Å². The van der Waals surface area contributed by atoms with Crippen LogP contribution in [-0.2, 0) is 10.9 Å². The molecule has 0 bridgehead atoms. The molecule has 0 radical (unpaired) electrons. The third kappa shape index (κ3) is 5.20. The van der Waals surface area contributed by atoms with Gasteiger partial charge in [-0.25, -0.2) is 4.98 Å². The SMILES string of the molecule is CN(C)c1cc(C(F)(F)F)nc(NCC2CCCOC2C(C)(C)C)n1. The highest BCUT2D eigenvalue weighted by molar-refractivity contribution is 5.44. The molecule has 2 atom stereocenters. The lowest BCUT2D eigenvalue weighted by atomic mass is 9.78. The number of alkyl halides is 3. The minimum Gasteiger partial charge on any atom is -0.377 e. The Hall–Kier alpha value is -1.57. The summed E-state index contributed by atoms with van der Waals surface area (Å²) in [6, 6.07) is 0.951. The minimum absolute atomic E-state index is 0.00300. The van der Waals surface area contributed by atoms with E-state index in [1.165, 1.54) is 4.90 Å². The first-order valence-corrected chi connectivity index (χ1v) is 8.47. The van der Waals surface area contributed by atoms with Gasteiger partial charge in [-0.3, -0.25) is 0 Å². The van der Waals surface area contributed by atoms with Gasteiger partial charge in [-0.05, 0) is 18.3 Å². The Bertz CT molecular complexity index is 584. The number of ether oxygens (including phenoxy) is 1. The second-order valence-corrected chi connectivity index (χ2v) is 7.77. The summed E-state index contributed by atoms with van der Waals surface area (Å²) in [5.41, 5.74) is -0.975. The van der Waals surface area contributed by atoms with E-state index >= 15 is 0 Å². The van der Waals surface area contributed by atoms with Crippen LogP contribution in [0.5, 0.6) is 0 Å². The number of aromatic nitrogens is 2. The summed E-state index contributed by atoms with van der Waals surface area (Å²) in [7, 11) is 3.30. The molecule has 1 saturated heterocycles. The van der Waals surface area contributed by atoms with E-state index in [2.05, 4.69) is 36.1 Å². The van der Waals surface area contributed by atoms with Crippen LogP contribution in [0.1, 0.15) is 39.3 Å². The number of halogens is 3. The fraction of sp³-hybridized carbons (Fsp3) is 0.765. The van der Waals surface area contributed by atoms with E-state index in [0.29, 0.717) is 6.54 Å². The van der Waals surface area contributed by atoms with Crippen molar-refractivity contribution in [1.82, 2.24) is 9.97 Å². The van der Waals surface area contributed by atoms with E-state index in [1.807, 2.05) is 0 Å². The summed E-state index contributed by atoms with van der Waals surface area (Å²) in [4.78, 5) is 9.36. The molecular weight excluding hydrogens is 333 g/mol. The Morgan fingerprint density at radius 3 is 2.48 bits per heavy atom. The Kier molecular flexibility index (Phi) is 5.81. The average molecular weight is 360 g/mol. The van der Waals surface area contributed by atoms with Gasteiger partial charge in [0.15, 0.2) is 5.69 Å². The quantitative estimate of drug-likeness (QED) is 0.885. The highest BCUT2D eigenvalue weighted by Gasteiger charge is 2.36. The van der Waals surface area contributed by atoms with Gasteiger partial charge in [-0.1, -0.05) is 20.8 Å². The van der Waals surface area contributed by atoms with Crippen molar-refractivity contribution in [2.45, 2.75) is 45.9 Å². The fourth-order valence-corrected chi connectivity index (χ4v) is 3.12. The van der Waals surface area contributed by atoms with Gasteiger partial charge in [-0.2, -0.15) is 18.2 Å². The third-order valence-electron chi connectivity index (χ3n) is 4.28. The molecule has 0 aliphatic carbocycles. The van der Waals surface area contributed by atoms with Crippen LogP contribution in [0.3, 0.4) is 0 Å². The standard InChI is InChI=1S/C17H27F3N4O/c1-16(2,3)14-11(7-6-8-25-14)10-21-15-22-12(17(18,19)20)9-13(23-15)24(4)5/h9,11,14H,6-8,10H2,1-5H3,(H,21,22,23). The van der Waals surface area contributed by atoms with Crippen molar-refractivity contribution in [2.75, 3.05) is 37.5 Å². The maximum atomic E-state index is 13.1. The maximum Gasteiger partial charge on any atom is 0.433 e. The van der Waals surface area contributed by atoms with Gasteiger partial charge in [0.05, 0.1) is 6.10 Å². The summed E-state index contributed by atoms with van der Waals surface area (Å²) in [5, 5.41) is 3.00. The van der Waals surface area contributed by atoms with Crippen LogP contribution in [0.4, 0.5) is 24.9 Å². The van der Waals surface area contributed by atoms with Crippen molar-refractivity contribution in [3.05, 3.63) is 11.8 Å². The molecule has 0 amide bonds. The van der Waals surface area contributed by atoms with Crippen LogP contribution in [-0.4, -0.2) is 43.3 Å². The van der Waals surface area contributed by atoms with Crippen molar-refractivity contribution in [3.63, 3.8) is 0 Å². The Labute approximate surface area is 147 Å². The number of nitrogens with zero attached hydrogens (tertiary/aromatic N) is 3.